The predicted molar refractivity (Wildman–Crippen MR) is 106 cm³/mol. The normalized spacial score (nSPS) is 24.3. The van der Waals surface area contributed by atoms with Crippen LogP contribution >= 0.6 is 0 Å². The van der Waals surface area contributed by atoms with Gasteiger partial charge in [0.05, 0.1) is 18.8 Å². The molecule has 7 heteroatoms. The monoisotopic (exact) mass is 391 g/mol. The van der Waals surface area contributed by atoms with E-state index in [0.717, 1.165) is 23.5 Å². The first kappa shape index (κ1) is 20.9. The van der Waals surface area contributed by atoms with Crippen LogP contribution in [0.25, 0.3) is 0 Å². The minimum Gasteiger partial charge on any atom is -0.396 e. The van der Waals surface area contributed by atoms with Crippen molar-refractivity contribution < 1.29 is 19.4 Å². The number of hydrogen-bond acceptors (Lipinski definition) is 4. The Labute approximate surface area is 167 Å². The Bertz CT molecular complexity index is 757. The number of carbonyl (C=O) groups is 2. The summed E-state index contributed by atoms with van der Waals surface area (Å²) in [5.74, 6) is 0.216. The number of aliphatic hydroxyl groups is 1. The summed E-state index contributed by atoms with van der Waals surface area (Å²) in [6.45, 7) is 11.3. The molecule has 3 heterocycles. The number of methoxy groups -OCH3 is 1. The van der Waals surface area contributed by atoms with E-state index in [9.17, 15) is 14.7 Å². The lowest BCUT2D eigenvalue weighted by Crippen LogP contribution is -2.41. The van der Waals surface area contributed by atoms with Gasteiger partial charge in [-0.25, -0.2) is 0 Å². The third kappa shape index (κ3) is 3.46. The van der Waals surface area contributed by atoms with Crippen molar-refractivity contribution in [3.8, 4) is 0 Å². The van der Waals surface area contributed by atoms with Gasteiger partial charge in [0, 0.05) is 68.5 Å². The second-order valence-corrected chi connectivity index (χ2v) is 8.71. The lowest BCUT2D eigenvalue weighted by molar-refractivity contribution is -0.134. The van der Waals surface area contributed by atoms with Crippen molar-refractivity contribution in [1.29, 1.82) is 0 Å². The summed E-state index contributed by atoms with van der Waals surface area (Å²) in [7, 11) is 1.67. The first-order valence-corrected chi connectivity index (χ1v) is 10.1. The van der Waals surface area contributed by atoms with Crippen molar-refractivity contribution in [2.24, 2.45) is 17.3 Å². The topological polar surface area (TPSA) is 75.0 Å². The molecule has 2 aliphatic rings. The van der Waals surface area contributed by atoms with Crippen molar-refractivity contribution >= 4 is 11.8 Å². The summed E-state index contributed by atoms with van der Waals surface area (Å²) in [6, 6.07) is 1.95. The summed E-state index contributed by atoms with van der Waals surface area (Å²) in [4.78, 5) is 29.4. The van der Waals surface area contributed by atoms with E-state index in [0.29, 0.717) is 32.8 Å². The zero-order valence-corrected chi connectivity index (χ0v) is 17.7. The average Bonchev–Trinajstić information content (AvgIpc) is 3.28. The molecule has 0 radical (unpaired) electrons. The minimum absolute atomic E-state index is 0.00379. The highest BCUT2D eigenvalue weighted by molar-refractivity contribution is 5.96. The maximum atomic E-state index is 13.2. The van der Waals surface area contributed by atoms with Crippen molar-refractivity contribution in [3.05, 3.63) is 23.0 Å². The first-order chi connectivity index (χ1) is 13.2. The van der Waals surface area contributed by atoms with E-state index in [1.165, 1.54) is 0 Å². The fourth-order valence-corrected chi connectivity index (χ4v) is 4.81. The van der Waals surface area contributed by atoms with Crippen LogP contribution in [0.2, 0.25) is 0 Å². The van der Waals surface area contributed by atoms with Gasteiger partial charge in [0.2, 0.25) is 5.91 Å². The summed E-state index contributed by atoms with van der Waals surface area (Å²) in [5, 5.41) is 10.1. The summed E-state index contributed by atoms with van der Waals surface area (Å²) >= 11 is 0. The molecule has 28 heavy (non-hydrogen) atoms. The van der Waals surface area contributed by atoms with E-state index >= 15 is 0 Å². The molecule has 0 aromatic carbocycles. The van der Waals surface area contributed by atoms with Crippen LogP contribution in [0.4, 0.5) is 0 Å². The first-order valence-electron chi connectivity index (χ1n) is 10.1. The van der Waals surface area contributed by atoms with Crippen LogP contribution < -0.4 is 0 Å². The molecule has 0 saturated carbocycles. The van der Waals surface area contributed by atoms with Crippen molar-refractivity contribution in [1.82, 2.24) is 14.4 Å². The number of aryl methyl sites for hydroxylation is 1. The van der Waals surface area contributed by atoms with Crippen LogP contribution in [0, 0.1) is 31.1 Å². The highest BCUT2D eigenvalue weighted by Crippen LogP contribution is 2.43. The molecule has 2 atom stereocenters. The molecule has 1 aromatic rings. The molecular formula is C21H33N3O4. The van der Waals surface area contributed by atoms with Crippen LogP contribution in [-0.4, -0.2) is 77.8 Å². The Morgan fingerprint density at radius 1 is 1.25 bits per heavy atom. The van der Waals surface area contributed by atoms with Crippen molar-refractivity contribution in [2.45, 2.75) is 34.2 Å². The molecule has 0 unspecified atom stereocenters. The highest BCUT2D eigenvalue weighted by Gasteiger charge is 2.54. The number of nitrogens with zero attached hydrogens (tertiary/aromatic N) is 3. The van der Waals surface area contributed by atoms with Gasteiger partial charge in [0.1, 0.15) is 0 Å². The number of aliphatic hydroxyl groups excluding tert-OH is 1. The zero-order chi connectivity index (χ0) is 20.6. The molecule has 0 aliphatic carbocycles. The van der Waals surface area contributed by atoms with Crippen molar-refractivity contribution in [2.75, 3.05) is 46.5 Å². The predicted octanol–water partition coefficient (Wildman–Crippen LogP) is 1.30. The second kappa shape index (κ2) is 7.87. The van der Waals surface area contributed by atoms with Gasteiger partial charge >= 0.3 is 0 Å². The van der Waals surface area contributed by atoms with Gasteiger partial charge in [-0.05, 0) is 19.9 Å². The molecular weight excluding hydrogens is 358 g/mol. The molecule has 0 bridgehead atoms. The Morgan fingerprint density at radius 3 is 2.46 bits per heavy atom. The number of aromatic nitrogens is 1. The maximum absolute atomic E-state index is 13.2. The quantitative estimate of drug-likeness (QED) is 0.793. The number of fused-ring (bicyclic) bond motifs is 1. The summed E-state index contributed by atoms with van der Waals surface area (Å²) in [6.07, 6.45) is 0. The van der Waals surface area contributed by atoms with E-state index in [2.05, 4.69) is 4.57 Å². The van der Waals surface area contributed by atoms with E-state index in [1.54, 1.807) is 7.11 Å². The van der Waals surface area contributed by atoms with E-state index in [4.69, 9.17) is 4.74 Å². The fourth-order valence-electron chi connectivity index (χ4n) is 4.81. The molecule has 2 amide bonds. The molecule has 156 valence electrons. The summed E-state index contributed by atoms with van der Waals surface area (Å²) in [5.41, 5.74) is 2.31. The standard InChI is InChI=1S/C21H33N3O4/c1-14(2)19(26)22-9-17-10-23(12-21(17,11-22)13-25)20(27)18-8-15(3)24(16(18)4)6-7-28-5/h8,14,17,25H,6-7,9-13H2,1-5H3/t17-,21+/m1/s1. The van der Waals surface area contributed by atoms with Gasteiger partial charge in [0.15, 0.2) is 0 Å². The molecule has 2 fully saturated rings. The molecule has 1 N–H and O–H groups in total. The van der Waals surface area contributed by atoms with Gasteiger partial charge in [-0.3, -0.25) is 9.59 Å². The maximum Gasteiger partial charge on any atom is 0.255 e. The van der Waals surface area contributed by atoms with Crippen LogP contribution in [0.5, 0.6) is 0 Å². The van der Waals surface area contributed by atoms with Gasteiger partial charge in [-0.1, -0.05) is 13.8 Å². The van der Waals surface area contributed by atoms with Crippen LogP contribution in [0.15, 0.2) is 6.07 Å². The van der Waals surface area contributed by atoms with Crippen LogP contribution in [0.1, 0.15) is 35.6 Å². The number of carbonyl (C=O) groups excluding carboxylic acids is 2. The van der Waals surface area contributed by atoms with E-state index in [-0.39, 0.29) is 30.3 Å². The largest absolute Gasteiger partial charge is 0.396 e. The van der Waals surface area contributed by atoms with Gasteiger partial charge < -0.3 is 24.2 Å². The number of likely N-dealkylation sites (tertiary alicyclic amines) is 2. The number of rotatable bonds is 6. The Morgan fingerprint density at radius 2 is 1.89 bits per heavy atom. The molecule has 1 aromatic heterocycles. The van der Waals surface area contributed by atoms with Crippen LogP contribution in [-0.2, 0) is 16.1 Å². The number of ether oxygens (including phenoxy) is 1. The molecule has 2 aliphatic heterocycles. The minimum atomic E-state index is -0.401. The van der Waals surface area contributed by atoms with E-state index in [1.807, 2.05) is 43.6 Å². The average molecular weight is 392 g/mol. The van der Waals surface area contributed by atoms with Gasteiger partial charge in [0.25, 0.3) is 5.91 Å². The van der Waals surface area contributed by atoms with E-state index < -0.39 is 5.41 Å². The van der Waals surface area contributed by atoms with Crippen LogP contribution in [0.3, 0.4) is 0 Å². The SMILES string of the molecule is COCCn1c(C)cc(C(=O)N2C[C@H]3CN(C(=O)C(C)C)C[C@@]3(CO)C2)c1C. The third-order valence-corrected chi connectivity index (χ3v) is 6.49. The molecule has 3 rings (SSSR count). The van der Waals surface area contributed by atoms with Gasteiger partial charge in [-0.15, -0.1) is 0 Å². The number of amides is 2. The lowest BCUT2D eigenvalue weighted by atomic mass is 9.82. The van der Waals surface area contributed by atoms with Crippen molar-refractivity contribution in [3.63, 3.8) is 0 Å². The Hall–Kier alpha value is -1.86. The summed E-state index contributed by atoms with van der Waals surface area (Å²) < 4.78 is 7.28. The lowest BCUT2D eigenvalue weighted by Gasteiger charge is -2.28. The Kier molecular flexibility index (Phi) is 5.87. The molecule has 7 nitrogen and oxygen atoms in total. The highest BCUT2D eigenvalue weighted by atomic mass is 16.5. The smallest absolute Gasteiger partial charge is 0.255 e. The fraction of sp³-hybridized carbons (Fsp3) is 0.714. The number of hydrogen-bond donors (Lipinski definition) is 1. The Balaban J connectivity index is 1.76. The third-order valence-electron chi connectivity index (χ3n) is 6.49. The molecule has 0 spiro atoms. The van der Waals surface area contributed by atoms with Gasteiger partial charge in [-0.2, -0.15) is 0 Å². The molecule has 2 saturated heterocycles. The zero-order valence-electron chi connectivity index (χ0n) is 17.7. The second-order valence-electron chi connectivity index (χ2n) is 8.71.